The molecule has 0 spiro atoms. The van der Waals surface area contributed by atoms with Crippen LogP contribution >= 0.6 is 0 Å². The molecular weight excluding hydrogens is 373 g/mol. The summed E-state index contributed by atoms with van der Waals surface area (Å²) in [5, 5.41) is 7.86. The Balaban J connectivity index is 1.54. The molecule has 0 aliphatic carbocycles. The molecule has 1 heterocycles. The third kappa shape index (κ3) is 5.27. The van der Waals surface area contributed by atoms with E-state index in [0.717, 1.165) is 0 Å². The number of rotatable bonds is 4. The minimum atomic E-state index is -3.07. The van der Waals surface area contributed by atoms with Gasteiger partial charge in [-0.1, -0.05) is 0 Å². The first-order valence-corrected chi connectivity index (χ1v) is 10.1. The van der Waals surface area contributed by atoms with Crippen molar-refractivity contribution in [2.45, 2.75) is 12.5 Å². The van der Waals surface area contributed by atoms with Gasteiger partial charge >= 0.3 is 6.03 Å². The third-order valence-corrected chi connectivity index (χ3v) is 5.84. The molecule has 3 rings (SSSR count). The Labute approximate surface area is 155 Å². The molecule has 9 heteroatoms. The number of urea groups is 1. The molecule has 2 aromatic carbocycles. The Morgan fingerprint density at radius 2 is 1.52 bits per heavy atom. The molecule has 1 fully saturated rings. The Kier molecular flexibility index (Phi) is 5.41. The monoisotopic (exact) mass is 391 g/mol. The topological polar surface area (TPSA) is 104 Å². The molecule has 1 saturated heterocycles. The van der Waals surface area contributed by atoms with Crippen LogP contribution in [-0.2, 0) is 9.84 Å². The Morgan fingerprint density at radius 3 is 2.11 bits per heavy atom. The zero-order valence-corrected chi connectivity index (χ0v) is 15.1. The SMILES string of the molecule is O=C(Nc1ccc(C(=O)Nc2ccc(F)cc2)cc1)NC1CCS(=O)(=O)C1. The smallest absolute Gasteiger partial charge is 0.319 e. The summed E-state index contributed by atoms with van der Waals surface area (Å²) in [6.45, 7) is 0. The number of hydrogen-bond donors (Lipinski definition) is 3. The maximum absolute atomic E-state index is 12.9. The van der Waals surface area contributed by atoms with Gasteiger partial charge in [-0.25, -0.2) is 17.6 Å². The summed E-state index contributed by atoms with van der Waals surface area (Å²) >= 11 is 0. The number of amides is 3. The van der Waals surface area contributed by atoms with E-state index >= 15 is 0 Å². The molecule has 7 nitrogen and oxygen atoms in total. The van der Waals surface area contributed by atoms with Crippen LogP contribution in [0.25, 0.3) is 0 Å². The summed E-state index contributed by atoms with van der Waals surface area (Å²) in [6, 6.07) is 10.7. The number of benzene rings is 2. The van der Waals surface area contributed by atoms with Crippen molar-refractivity contribution in [2.75, 3.05) is 22.1 Å². The Morgan fingerprint density at radius 1 is 0.926 bits per heavy atom. The van der Waals surface area contributed by atoms with Gasteiger partial charge in [0.15, 0.2) is 9.84 Å². The van der Waals surface area contributed by atoms with Gasteiger partial charge < -0.3 is 16.0 Å². The van der Waals surface area contributed by atoms with Crippen LogP contribution < -0.4 is 16.0 Å². The van der Waals surface area contributed by atoms with Gasteiger partial charge in [0.05, 0.1) is 11.5 Å². The van der Waals surface area contributed by atoms with Gasteiger partial charge in [0, 0.05) is 23.0 Å². The Hall–Kier alpha value is -2.94. The van der Waals surface area contributed by atoms with Crippen molar-refractivity contribution in [2.24, 2.45) is 0 Å². The highest BCUT2D eigenvalue weighted by molar-refractivity contribution is 7.91. The van der Waals surface area contributed by atoms with E-state index in [2.05, 4.69) is 16.0 Å². The maximum Gasteiger partial charge on any atom is 0.319 e. The third-order valence-electron chi connectivity index (χ3n) is 4.07. The van der Waals surface area contributed by atoms with E-state index in [4.69, 9.17) is 0 Å². The van der Waals surface area contributed by atoms with Crippen molar-refractivity contribution in [1.82, 2.24) is 5.32 Å². The van der Waals surface area contributed by atoms with Crippen LogP contribution in [-0.4, -0.2) is 37.9 Å². The molecule has 2 aromatic rings. The predicted molar refractivity (Wildman–Crippen MR) is 100 cm³/mol. The number of nitrogens with one attached hydrogen (secondary N) is 3. The number of anilines is 2. The molecule has 1 aliphatic heterocycles. The lowest BCUT2D eigenvalue weighted by atomic mass is 10.2. The van der Waals surface area contributed by atoms with Gasteiger partial charge in [0.2, 0.25) is 0 Å². The van der Waals surface area contributed by atoms with Crippen LogP contribution in [0.5, 0.6) is 0 Å². The van der Waals surface area contributed by atoms with E-state index in [0.29, 0.717) is 23.4 Å². The molecule has 27 heavy (non-hydrogen) atoms. The van der Waals surface area contributed by atoms with Gasteiger partial charge in [-0.3, -0.25) is 4.79 Å². The van der Waals surface area contributed by atoms with Gasteiger partial charge in [-0.05, 0) is 55.0 Å². The molecule has 0 bridgehead atoms. The fraction of sp³-hybridized carbons (Fsp3) is 0.222. The normalized spacial score (nSPS) is 17.9. The molecular formula is C18H18FN3O4S. The van der Waals surface area contributed by atoms with Crippen LogP contribution in [0.2, 0.25) is 0 Å². The summed E-state index contributed by atoms with van der Waals surface area (Å²) in [6.07, 6.45) is 0.401. The van der Waals surface area contributed by atoms with E-state index in [1.54, 1.807) is 12.1 Å². The largest absolute Gasteiger partial charge is 0.334 e. The molecule has 142 valence electrons. The van der Waals surface area contributed by atoms with Crippen molar-refractivity contribution < 1.29 is 22.4 Å². The number of hydrogen-bond acceptors (Lipinski definition) is 4. The minimum absolute atomic E-state index is 0.0527. The summed E-state index contributed by atoms with van der Waals surface area (Å²) in [5.41, 5.74) is 1.30. The second-order valence-electron chi connectivity index (χ2n) is 6.24. The summed E-state index contributed by atoms with van der Waals surface area (Å²) in [5.74, 6) is -0.732. The number of carbonyl (C=O) groups excluding carboxylic acids is 2. The van der Waals surface area contributed by atoms with Crippen LogP contribution in [0.1, 0.15) is 16.8 Å². The lowest BCUT2D eigenvalue weighted by Crippen LogP contribution is -2.38. The minimum Gasteiger partial charge on any atom is -0.334 e. The lowest BCUT2D eigenvalue weighted by molar-refractivity contribution is 0.102. The second kappa shape index (κ2) is 7.75. The molecule has 3 N–H and O–H groups in total. The number of carbonyl (C=O) groups is 2. The van der Waals surface area contributed by atoms with Crippen LogP contribution in [0.15, 0.2) is 48.5 Å². The maximum atomic E-state index is 12.9. The average molecular weight is 391 g/mol. The first kappa shape index (κ1) is 18.8. The molecule has 3 amide bonds. The van der Waals surface area contributed by atoms with E-state index in [-0.39, 0.29) is 17.4 Å². The van der Waals surface area contributed by atoms with Gasteiger partial charge in [0.25, 0.3) is 5.91 Å². The quantitative estimate of drug-likeness (QED) is 0.744. The first-order chi connectivity index (χ1) is 12.8. The number of sulfone groups is 1. The van der Waals surface area contributed by atoms with Crippen LogP contribution in [0, 0.1) is 5.82 Å². The highest BCUT2D eigenvalue weighted by Gasteiger charge is 2.28. The first-order valence-electron chi connectivity index (χ1n) is 8.26. The lowest BCUT2D eigenvalue weighted by Gasteiger charge is -2.12. The van der Waals surface area contributed by atoms with Crippen molar-refractivity contribution in [1.29, 1.82) is 0 Å². The molecule has 1 aliphatic rings. The van der Waals surface area contributed by atoms with E-state index in [1.165, 1.54) is 36.4 Å². The summed E-state index contributed by atoms with van der Waals surface area (Å²) in [4.78, 5) is 24.1. The second-order valence-corrected chi connectivity index (χ2v) is 8.47. The van der Waals surface area contributed by atoms with E-state index in [1.807, 2.05) is 0 Å². The highest BCUT2D eigenvalue weighted by Crippen LogP contribution is 2.14. The van der Waals surface area contributed by atoms with Crippen molar-refractivity contribution in [3.8, 4) is 0 Å². The zero-order chi connectivity index (χ0) is 19.4. The summed E-state index contributed by atoms with van der Waals surface area (Å²) < 4.78 is 35.7. The molecule has 1 unspecified atom stereocenters. The van der Waals surface area contributed by atoms with Crippen LogP contribution in [0.3, 0.4) is 0 Å². The van der Waals surface area contributed by atoms with Gasteiger partial charge in [-0.2, -0.15) is 0 Å². The van der Waals surface area contributed by atoms with Gasteiger partial charge in [-0.15, -0.1) is 0 Å². The zero-order valence-electron chi connectivity index (χ0n) is 14.2. The van der Waals surface area contributed by atoms with Crippen molar-refractivity contribution in [3.63, 3.8) is 0 Å². The number of halogens is 1. The van der Waals surface area contributed by atoms with Crippen molar-refractivity contribution in [3.05, 3.63) is 59.9 Å². The Bertz CT molecular complexity index is 944. The fourth-order valence-electron chi connectivity index (χ4n) is 2.70. The standard InChI is InChI=1S/C18H18FN3O4S/c19-13-3-7-14(8-4-13)20-17(23)12-1-5-15(6-2-12)21-18(24)22-16-9-10-27(25,26)11-16/h1-8,16H,9-11H2,(H,20,23)(H2,21,22,24). The average Bonchev–Trinajstić information content (AvgIpc) is 2.96. The molecule has 0 saturated carbocycles. The predicted octanol–water partition coefficient (Wildman–Crippen LogP) is 2.39. The molecule has 1 atom stereocenters. The van der Waals surface area contributed by atoms with Crippen molar-refractivity contribution >= 4 is 33.2 Å². The van der Waals surface area contributed by atoms with E-state index < -0.39 is 27.7 Å². The molecule has 0 aromatic heterocycles. The fourth-order valence-corrected chi connectivity index (χ4v) is 4.38. The van der Waals surface area contributed by atoms with Gasteiger partial charge in [0.1, 0.15) is 5.82 Å². The van der Waals surface area contributed by atoms with E-state index in [9.17, 15) is 22.4 Å². The summed E-state index contributed by atoms with van der Waals surface area (Å²) in [7, 11) is -3.07. The molecule has 0 radical (unpaired) electrons. The highest BCUT2D eigenvalue weighted by atomic mass is 32.2. The van der Waals surface area contributed by atoms with Crippen LogP contribution in [0.4, 0.5) is 20.6 Å².